The molecule has 0 saturated heterocycles. The van der Waals surface area contributed by atoms with Crippen LogP contribution in [0.1, 0.15) is 5.56 Å². The Morgan fingerprint density at radius 3 is 2.92 bits per heavy atom. The molecule has 0 spiro atoms. The molecule has 0 bridgehead atoms. The quantitative estimate of drug-likeness (QED) is 0.598. The zero-order valence-corrected chi connectivity index (χ0v) is 7.34. The van der Waals surface area contributed by atoms with Gasteiger partial charge in [-0.15, -0.1) is 0 Å². The Balaban J connectivity index is 2.79. The summed E-state index contributed by atoms with van der Waals surface area (Å²) in [6, 6.07) is 6.83. The molecule has 2 amide bonds. The number of nitrogens with two attached hydrogens (primary N) is 1. The smallest absolute Gasteiger partial charge is 0.316 e. The number of hydrogen-bond acceptors (Lipinski definition) is 2. The van der Waals surface area contributed by atoms with E-state index in [1.54, 1.807) is 6.07 Å². The monoisotopic (exact) mass is 182 g/mol. The van der Waals surface area contributed by atoms with Crippen LogP contribution in [-0.4, -0.2) is 6.03 Å². The lowest BCUT2D eigenvalue weighted by molar-refractivity contribution is 0.259. The average molecular weight is 182 g/mol. The van der Waals surface area contributed by atoms with Crippen LogP contribution in [0.5, 0.6) is 0 Å². The van der Waals surface area contributed by atoms with Gasteiger partial charge in [0, 0.05) is 11.4 Å². The number of anilines is 1. The van der Waals surface area contributed by atoms with Gasteiger partial charge in [-0.3, -0.25) is 0 Å². The maximum Gasteiger partial charge on any atom is 0.316 e. The van der Waals surface area contributed by atoms with Gasteiger partial charge in [0.15, 0.2) is 0 Å². The highest BCUT2D eigenvalue weighted by molar-refractivity contribution is 7.79. The van der Waals surface area contributed by atoms with Gasteiger partial charge in [0.2, 0.25) is 0 Å². The summed E-state index contributed by atoms with van der Waals surface area (Å²) in [7, 11) is 0. The second-order valence-corrected chi connectivity index (χ2v) is 2.66. The van der Waals surface area contributed by atoms with Crippen LogP contribution >= 0.6 is 12.6 Å². The Hall–Kier alpha value is -1.16. The summed E-state index contributed by atoms with van der Waals surface area (Å²) in [4.78, 5) is 10.5. The standard InChI is InChI=1S/C8H10N2OS/c9-8(11)10-7-3-1-2-6(4-7)5-12/h1-4,12H,5H2,(H3,9,10,11). The molecule has 0 radical (unpaired) electrons. The first kappa shape index (κ1) is 8.93. The van der Waals surface area contributed by atoms with Gasteiger partial charge in [0.1, 0.15) is 0 Å². The van der Waals surface area contributed by atoms with Crippen molar-refractivity contribution < 1.29 is 4.79 Å². The van der Waals surface area contributed by atoms with E-state index in [2.05, 4.69) is 17.9 Å². The van der Waals surface area contributed by atoms with Crippen molar-refractivity contribution in [3.63, 3.8) is 0 Å². The minimum Gasteiger partial charge on any atom is -0.351 e. The number of primary amides is 1. The maximum absolute atomic E-state index is 10.5. The van der Waals surface area contributed by atoms with E-state index in [4.69, 9.17) is 5.73 Å². The molecule has 3 N–H and O–H groups in total. The second-order valence-electron chi connectivity index (χ2n) is 2.35. The average Bonchev–Trinajstić information content (AvgIpc) is 2.03. The lowest BCUT2D eigenvalue weighted by Gasteiger charge is -2.02. The molecule has 12 heavy (non-hydrogen) atoms. The van der Waals surface area contributed by atoms with Crippen molar-refractivity contribution in [2.24, 2.45) is 5.73 Å². The fourth-order valence-electron chi connectivity index (χ4n) is 0.890. The fourth-order valence-corrected chi connectivity index (χ4v) is 1.09. The summed E-state index contributed by atoms with van der Waals surface area (Å²) in [5, 5.41) is 2.48. The first-order valence-corrected chi connectivity index (χ1v) is 4.12. The second kappa shape index (κ2) is 4.01. The molecule has 0 heterocycles. The highest BCUT2D eigenvalue weighted by Crippen LogP contribution is 2.11. The number of benzene rings is 1. The Kier molecular flexibility index (Phi) is 2.99. The number of thiol groups is 1. The van der Waals surface area contributed by atoms with E-state index in [1.165, 1.54) is 0 Å². The number of rotatable bonds is 2. The molecule has 0 aliphatic carbocycles. The summed E-state index contributed by atoms with van der Waals surface area (Å²) in [6.07, 6.45) is 0. The third kappa shape index (κ3) is 2.47. The molecule has 3 nitrogen and oxygen atoms in total. The third-order valence-electron chi connectivity index (χ3n) is 1.38. The van der Waals surface area contributed by atoms with E-state index in [-0.39, 0.29) is 0 Å². The Morgan fingerprint density at radius 1 is 1.58 bits per heavy atom. The fraction of sp³-hybridized carbons (Fsp3) is 0.125. The number of carbonyl (C=O) groups is 1. The van der Waals surface area contributed by atoms with Crippen LogP contribution in [0.2, 0.25) is 0 Å². The van der Waals surface area contributed by atoms with E-state index in [1.807, 2.05) is 18.2 Å². The molecule has 0 atom stereocenters. The molecule has 0 saturated carbocycles. The van der Waals surface area contributed by atoms with Crippen LogP contribution in [0.15, 0.2) is 24.3 Å². The molecule has 1 rings (SSSR count). The van der Waals surface area contributed by atoms with Crippen molar-refractivity contribution in [1.82, 2.24) is 0 Å². The predicted molar refractivity (Wildman–Crippen MR) is 52.3 cm³/mol. The van der Waals surface area contributed by atoms with Crippen molar-refractivity contribution in [3.05, 3.63) is 29.8 Å². The molecule has 0 fully saturated rings. The first-order valence-electron chi connectivity index (χ1n) is 3.48. The summed E-state index contributed by atoms with van der Waals surface area (Å²) in [5.74, 6) is 0.647. The molecule has 0 aliphatic rings. The molecule has 64 valence electrons. The van der Waals surface area contributed by atoms with Gasteiger partial charge in [0.25, 0.3) is 0 Å². The van der Waals surface area contributed by atoms with E-state index in [9.17, 15) is 4.79 Å². The van der Waals surface area contributed by atoms with Gasteiger partial charge < -0.3 is 11.1 Å². The normalized spacial score (nSPS) is 9.42. The van der Waals surface area contributed by atoms with Crippen LogP contribution in [0, 0.1) is 0 Å². The third-order valence-corrected chi connectivity index (χ3v) is 1.74. The highest BCUT2D eigenvalue weighted by atomic mass is 32.1. The van der Waals surface area contributed by atoms with E-state index < -0.39 is 6.03 Å². The molecule has 4 heteroatoms. The lowest BCUT2D eigenvalue weighted by atomic mass is 10.2. The largest absolute Gasteiger partial charge is 0.351 e. The van der Waals surface area contributed by atoms with Crippen molar-refractivity contribution >= 4 is 24.3 Å². The molecule has 0 aliphatic heterocycles. The SMILES string of the molecule is NC(=O)Nc1cccc(CS)c1. The van der Waals surface area contributed by atoms with Gasteiger partial charge in [-0.25, -0.2) is 4.79 Å². The van der Waals surface area contributed by atoms with Crippen molar-refractivity contribution in [2.45, 2.75) is 5.75 Å². The van der Waals surface area contributed by atoms with Gasteiger partial charge in [-0.2, -0.15) is 12.6 Å². The van der Waals surface area contributed by atoms with E-state index in [0.717, 1.165) is 5.56 Å². The molecule has 0 unspecified atom stereocenters. The summed E-state index contributed by atoms with van der Waals surface area (Å²) in [6.45, 7) is 0. The Bertz CT molecular complexity index is 288. The number of carbonyl (C=O) groups excluding carboxylic acids is 1. The molecule has 1 aromatic carbocycles. The summed E-state index contributed by atoms with van der Waals surface area (Å²) >= 11 is 4.10. The Morgan fingerprint density at radius 2 is 2.33 bits per heavy atom. The molecule has 1 aromatic rings. The number of amides is 2. The molecular formula is C8H10N2OS. The van der Waals surface area contributed by atoms with Gasteiger partial charge >= 0.3 is 6.03 Å². The van der Waals surface area contributed by atoms with Crippen LogP contribution in [0.4, 0.5) is 10.5 Å². The topological polar surface area (TPSA) is 55.1 Å². The van der Waals surface area contributed by atoms with Crippen molar-refractivity contribution in [3.8, 4) is 0 Å². The summed E-state index contributed by atoms with van der Waals surface area (Å²) < 4.78 is 0. The molecule has 0 aromatic heterocycles. The van der Waals surface area contributed by atoms with E-state index in [0.29, 0.717) is 11.4 Å². The molecular weight excluding hydrogens is 172 g/mol. The number of hydrogen-bond donors (Lipinski definition) is 3. The van der Waals surface area contributed by atoms with E-state index >= 15 is 0 Å². The van der Waals surface area contributed by atoms with Gasteiger partial charge in [-0.05, 0) is 17.7 Å². The van der Waals surface area contributed by atoms with Crippen LogP contribution in [-0.2, 0) is 5.75 Å². The van der Waals surface area contributed by atoms with Crippen LogP contribution in [0.3, 0.4) is 0 Å². The highest BCUT2D eigenvalue weighted by Gasteiger charge is 1.95. The van der Waals surface area contributed by atoms with Gasteiger partial charge in [0.05, 0.1) is 0 Å². The summed E-state index contributed by atoms with van der Waals surface area (Å²) in [5.41, 5.74) is 6.70. The Labute approximate surface area is 76.4 Å². The van der Waals surface area contributed by atoms with Gasteiger partial charge in [-0.1, -0.05) is 12.1 Å². The maximum atomic E-state index is 10.5. The number of urea groups is 1. The van der Waals surface area contributed by atoms with Crippen LogP contribution in [0.25, 0.3) is 0 Å². The predicted octanol–water partition coefficient (Wildman–Crippen LogP) is 1.61. The van der Waals surface area contributed by atoms with Crippen molar-refractivity contribution in [2.75, 3.05) is 5.32 Å². The van der Waals surface area contributed by atoms with Crippen molar-refractivity contribution in [1.29, 1.82) is 0 Å². The zero-order chi connectivity index (χ0) is 8.97. The zero-order valence-electron chi connectivity index (χ0n) is 6.45. The lowest BCUT2D eigenvalue weighted by Crippen LogP contribution is -2.19. The van der Waals surface area contributed by atoms with Crippen LogP contribution < -0.4 is 11.1 Å². The minimum absolute atomic E-state index is 0.550. The minimum atomic E-state index is -0.550. The first-order chi connectivity index (χ1) is 5.72. The number of nitrogens with one attached hydrogen (secondary N) is 1.